The molecule has 0 fully saturated rings. The van der Waals surface area contributed by atoms with Crippen molar-refractivity contribution >= 4 is 23.0 Å². The number of hydrogen-bond donors (Lipinski definition) is 3. The number of nitrogens with zero attached hydrogens (tertiary/aromatic N) is 1. The molecule has 0 saturated carbocycles. The van der Waals surface area contributed by atoms with Crippen molar-refractivity contribution in [2.45, 2.75) is 32.7 Å². The Bertz CT molecular complexity index is 1140. The Morgan fingerprint density at radius 2 is 1.83 bits per heavy atom. The van der Waals surface area contributed by atoms with Gasteiger partial charge in [-0.05, 0) is 36.6 Å². The fraction of sp³-hybridized carbons (Fsp3) is 0.318. The van der Waals surface area contributed by atoms with Gasteiger partial charge in [0, 0.05) is 14.1 Å². The number of hydrogen-bond acceptors (Lipinski definition) is 7. The van der Waals surface area contributed by atoms with Crippen LogP contribution in [0.4, 0.5) is 17.1 Å². The van der Waals surface area contributed by atoms with E-state index in [1.165, 1.54) is 17.0 Å². The number of nitrogens with one attached hydrogen (secondary N) is 2. The van der Waals surface area contributed by atoms with E-state index < -0.39 is 10.9 Å². The quantitative estimate of drug-likeness (QED) is 0.386. The van der Waals surface area contributed by atoms with Gasteiger partial charge in [-0.3, -0.25) is 14.4 Å². The van der Waals surface area contributed by atoms with Gasteiger partial charge in [0.15, 0.2) is 5.75 Å². The Kier molecular flexibility index (Phi) is 5.96. The van der Waals surface area contributed by atoms with E-state index >= 15 is 0 Å². The van der Waals surface area contributed by atoms with Gasteiger partial charge in [-0.1, -0.05) is 19.9 Å². The van der Waals surface area contributed by atoms with E-state index in [0.29, 0.717) is 6.42 Å². The van der Waals surface area contributed by atoms with Crippen molar-refractivity contribution in [3.8, 4) is 5.75 Å². The largest absolute Gasteiger partial charge is 0.505 e. The van der Waals surface area contributed by atoms with Crippen LogP contribution in [-0.4, -0.2) is 30.0 Å². The topological polar surface area (TPSA) is 112 Å². The summed E-state index contributed by atoms with van der Waals surface area (Å²) in [6, 6.07) is 6.20. The molecule has 1 amide bonds. The van der Waals surface area contributed by atoms with Crippen LogP contribution in [0.2, 0.25) is 0 Å². The summed E-state index contributed by atoms with van der Waals surface area (Å²) in [6.45, 7) is 3.95. The molecule has 8 nitrogen and oxygen atoms in total. The van der Waals surface area contributed by atoms with Gasteiger partial charge in [-0.25, -0.2) is 0 Å². The van der Waals surface area contributed by atoms with E-state index in [2.05, 4.69) is 10.6 Å². The molecule has 0 aliphatic rings. The fourth-order valence-electron chi connectivity index (χ4n) is 3.31. The minimum Gasteiger partial charge on any atom is -0.505 e. The number of amides is 1. The molecule has 0 bridgehead atoms. The molecule has 0 aliphatic heterocycles. The monoisotopic (exact) mass is 411 g/mol. The second-order valence-corrected chi connectivity index (χ2v) is 7.20. The molecule has 0 radical (unpaired) electrons. The lowest BCUT2D eigenvalue weighted by molar-refractivity contribution is 0.0824. The molecule has 0 unspecified atom stereocenters. The lowest BCUT2D eigenvalue weighted by Gasteiger charge is -2.21. The van der Waals surface area contributed by atoms with Gasteiger partial charge in [-0.15, -0.1) is 0 Å². The van der Waals surface area contributed by atoms with Gasteiger partial charge < -0.3 is 25.1 Å². The number of carbonyl (C=O) groups is 1. The second kappa shape index (κ2) is 8.44. The number of phenolic OH excluding ortho intramolecular Hbond substituents is 1. The number of aryl methyl sites for hydroxylation is 1. The molecule has 0 saturated heterocycles. The Morgan fingerprint density at radius 3 is 2.47 bits per heavy atom. The number of anilines is 3. The number of benzene rings is 1. The van der Waals surface area contributed by atoms with Crippen LogP contribution in [0.1, 0.15) is 48.0 Å². The molecule has 0 spiro atoms. The highest BCUT2D eigenvalue weighted by molar-refractivity contribution is 5.99. The number of phenols is 1. The predicted octanol–water partition coefficient (Wildman–Crippen LogP) is 3.15. The third-order valence-electron chi connectivity index (χ3n) is 5.05. The summed E-state index contributed by atoms with van der Waals surface area (Å²) in [6.07, 6.45) is 3.02. The number of furan rings is 1. The van der Waals surface area contributed by atoms with Gasteiger partial charge in [0.05, 0.1) is 23.6 Å². The van der Waals surface area contributed by atoms with Crippen molar-refractivity contribution in [3.63, 3.8) is 0 Å². The molecule has 1 heterocycles. The van der Waals surface area contributed by atoms with Gasteiger partial charge >= 0.3 is 0 Å². The highest BCUT2D eigenvalue weighted by Crippen LogP contribution is 2.34. The molecule has 30 heavy (non-hydrogen) atoms. The van der Waals surface area contributed by atoms with E-state index in [9.17, 15) is 19.5 Å². The molecule has 2 aromatic carbocycles. The van der Waals surface area contributed by atoms with Crippen LogP contribution in [0.25, 0.3) is 0 Å². The summed E-state index contributed by atoms with van der Waals surface area (Å²) in [5.41, 5.74) is 0.134. The Morgan fingerprint density at radius 1 is 1.13 bits per heavy atom. The molecule has 3 N–H and O–H groups in total. The smallest absolute Gasteiger partial charge is 0.257 e. The average molecular weight is 411 g/mol. The van der Waals surface area contributed by atoms with Crippen molar-refractivity contribution in [1.29, 1.82) is 0 Å². The van der Waals surface area contributed by atoms with Crippen LogP contribution >= 0.6 is 0 Å². The van der Waals surface area contributed by atoms with Gasteiger partial charge in [0.25, 0.3) is 16.8 Å². The highest BCUT2D eigenvalue weighted by atomic mass is 16.3. The number of rotatable bonds is 8. The van der Waals surface area contributed by atoms with Crippen LogP contribution in [0.15, 0.2) is 44.5 Å². The fourth-order valence-corrected chi connectivity index (χ4v) is 3.31. The molecule has 8 heteroatoms. The average Bonchev–Trinajstić information content (AvgIpc) is 3.22. The third kappa shape index (κ3) is 3.68. The minimum absolute atomic E-state index is 0.0489. The van der Waals surface area contributed by atoms with Crippen LogP contribution < -0.4 is 21.5 Å². The summed E-state index contributed by atoms with van der Waals surface area (Å²) in [4.78, 5) is 38.0. The van der Waals surface area contributed by atoms with Crippen LogP contribution in [0.5, 0.6) is 5.75 Å². The van der Waals surface area contributed by atoms with E-state index in [0.717, 1.165) is 17.7 Å². The Hall–Kier alpha value is -3.55. The van der Waals surface area contributed by atoms with E-state index in [1.807, 2.05) is 19.9 Å². The van der Waals surface area contributed by atoms with Crippen molar-refractivity contribution in [2.75, 3.05) is 24.7 Å². The number of para-hydroxylation sites is 1. The molecule has 1 aromatic heterocycles. The van der Waals surface area contributed by atoms with Crippen LogP contribution in [-0.2, 0) is 6.42 Å². The van der Waals surface area contributed by atoms with E-state index in [-0.39, 0.29) is 40.3 Å². The van der Waals surface area contributed by atoms with Crippen molar-refractivity contribution < 1.29 is 14.3 Å². The summed E-state index contributed by atoms with van der Waals surface area (Å²) >= 11 is 0. The molecule has 0 aliphatic carbocycles. The van der Waals surface area contributed by atoms with E-state index in [4.69, 9.17) is 4.42 Å². The van der Waals surface area contributed by atoms with Gasteiger partial charge in [0.2, 0.25) is 0 Å². The van der Waals surface area contributed by atoms with Crippen molar-refractivity contribution in [1.82, 2.24) is 4.90 Å². The summed E-state index contributed by atoms with van der Waals surface area (Å²) in [7, 11) is 3.15. The molecule has 158 valence electrons. The second-order valence-electron chi connectivity index (χ2n) is 7.20. The Labute approximate surface area is 173 Å². The lowest BCUT2D eigenvalue weighted by atomic mass is 10.0. The van der Waals surface area contributed by atoms with Crippen LogP contribution in [0, 0.1) is 0 Å². The Balaban J connectivity index is 1.91. The molecule has 3 rings (SSSR count). The standard InChI is InChI=1S/C22H25N3O5/c1-5-12-10-11-30-21(12)14(6-2)23-16-17(20(28)19(16)27)24-15-9-7-8-13(18(15)26)22(29)25(3)4/h7-11,14,23-24,26H,5-6H2,1-4H3/t14-/m1/s1. The molecular weight excluding hydrogens is 386 g/mol. The van der Waals surface area contributed by atoms with Crippen molar-refractivity contribution in [2.24, 2.45) is 0 Å². The zero-order chi connectivity index (χ0) is 22.0. The first kappa shape index (κ1) is 21.2. The minimum atomic E-state index is -0.689. The maximum Gasteiger partial charge on any atom is 0.257 e. The van der Waals surface area contributed by atoms with Crippen LogP contribution in [0.3, 0.4) is 0 Å². The normalized spacial score (nSPS) is 12.0. The highest BCUT2D eigenvalue weighted by Gasteiger charge is 2.27. The maximum absolute atomic E-state index is 12.2. The summed E-state index contributed by atoms with van der Waals surface area (Å²) in [5.74, 6) is 0.0532. The van der Waals surface area contributed by atoms with Crippen molar-refractivity contribution in [3.05, 3.63) is 67.9 Å². The van der Waals surface area contributed by atoms with Gasteiger partial charge in [-0.2, -0.15) is 0 Å². The molecule has 1 atom stereocenters. The molecule has 3 aromatic rings. The summed E-state index contributed by atoms with van der Waals surface area (Å²) in [5, 5.41) is 16.4. The zero-order valence-corrected chi connectivity index (χ0v) is 17.4. The third-order valence-corrected chi connectivity index (χ3v) is 5.05. The SMILES string of the molecule is CCc1ccoc1[C@@H](CC)Nc1c(Nc2cccc(C(=O)N(C)C)c2O)c(=O)c1=O. The number of aromatic hydroxyl groups is 1. The first-order valence-corrected chi connectivity index (χ1v) is 9.76. The summed E-state index contributed by atoms with van der Waals surface area (Å²) < 4.78 is 5.59. The first-order chi connectivity index (χ1) is 14.3. The lowest BCUT2D eigenvalue weighted by Crippen LogP contribution is -2.37. The number of carbonyl (C=O) groups excluding carboxylic acids is 1. The first-order valence-electron chi connectivity index (χ1n) is 9.76. The van der Waals surface area contributed by atoms with Gasteiger partial charge in [0.1, 0.15) is 17.1 Å². The molecular formula is C22H25N3O5. The predicted molar refractivity (Wildman–Crippen MR) is 116 cm³/mol. The van der Waals surface area contributed by atoms with E-state index in [1.54, 1.807) is 26.4 Å². The zero-order valence-electron chi connectivity index (χ0n) is 17.4. The maximum atomic E-state index is 12.2.